The number of allylic oxidation sites excluding steroid dienone is 8. The van der Waals surface area contributed by atoms with Crippen LogP contribution in [0.5, 0.6) is 0 Å². The highest BCUT2D eigenvalue weighted by atomic mass is 16.6. The van der Waals surface area contributed by atoms with E-state index in [1.165, 1.54) is 186 Å². The van der Waals surface area contributed by atoms with Gasteiger partial charge >= 0.3 is 17.9 Å². The van der Waals surface area contributed by atoms with E-state index >= 15 is 0 Å². The van der Waals surface area contributed by atoms with E-state index in [2.05, 4.69) is 69.4 Å². The summed E-state index contributed by atoms with van der Waals surface area (Å²) in [5.41, 5.74) is 0. The zero-order valence-corrected chi connectivity index (χ0v) is 46.8. The molecule has 1 atom stereocenters. The Balaban J connectivity index is 4.07. The number of hydrogen-bond acceptors (Lipinski definition) is 6. The van der Waals surface area contributed by atoms with E-state index in [4.69, 9.17) is 14.2 Å². The van der Waals surface area contributed by atoms with Gasteiger partial charge in [0.1, 0.15) is 13.2 Å². The first kappa shape index (κ1) is 67.4. The molecule has 1 unspecified atom stereocenters. The molecule has 0 saturated heterocycles. The van der Waals surface area contributed by atoms with Crippen LogP contribution in [0.1, 0.15) is 323 Å². The molecule has 0 spiro atoms. The fourth-order valence-electron chi connectivity index (χ4n) is 9.02. The van der Waals surface area contributed by atoms with Gasteiger partial charge in [0, 0.05) is 19.3 Å². The van der Waals surface area contributed by atoms with Gasteiger partial charge in [-0.1, -0.05) is 294 Å². The van der Waals surface area contributed by atoms with Gasteiger partial charge in [-0.2, -0.15) is 0 Å². The molecule has 0 fully saturated rings. The summed E-state index contributed by atoms with van der Waals surface area (Å²) in [7, 11) is 0. The van der Waals surface area contributed by atoms with Gasteiger partial charge in [-0.3, -0.25) is 14.4 Å². The van der Waals surface area contributed by atoms with Crippen molar-refractivity contribution < 1.29 is 28.6 Å². The summed E-state index contributed by atoms with van der Waals surface area (Å²) in [5, 5.41) is 0. The zero-order chi connectivity index (χ0) is 50.7. The molecule has 0 aromatic carbocycles. The molecule has 0 saturated carbocycles. The first-order chi connectivity index (χ1) is 34.5. The van der Waals surface area contributed by atoms with Crippen molar-refractivity contribution >= 4 is 17.9 Å². The highest BCUT2D eigenvalue weighted by molar-refractivity contribution is 5.71. The number of hydrogen-bond donors (Lipinski definition) is 0. The van der Waals surface area contributed by atoms with Gasteiger partial charge in [0.25, 0.3) is 0 Å². The third-order valence-electron chi connectivity index (χ3n) is 13.6. The largest absolute Gasteiger partial charge is 0.462 e. The topological polar surface area (TPSA) is 78.9 Å². The third-order valence-corrected chi connectivity index (χ3v) is 13.6. The number of rotatable bonds is 56. The summed E-state index contributed by atoms with van der Waals surface area (Å²) in [6.45, 7) is 6.50. The minimum atomic E-state index is -0.781. The number of carbonyl (C=O) groups is 3. The van der Waals surface area contributed by atoms with Gasteiger partial charge in [-0.25, -0.2) is 0 Å². The van der Waals surface area contributed by atoms with E-state index in [1.54, 1.807) is 0 Å². The predicted molar refractivity (Wildman–Crippen MR) is 302 cm³/mol. The first-order valence-corrected chi connectivity index (χ1v) is 30.6. The Morgan fingerprint density at radius 1 is 0.300 bits per heavy atom. The predicted octanol–water partition coefficient (Wildman–Crippen LogP) is 20.6. The summed E-state index contributed by atoms with van der Waals surface area (Å²) < 4.78 is 16.8. The molecular weight excluding hydrogens is 865 g/mol. The minimum Gasteiger partial charge on any atom is -0.462 e. The Labute approximate surface area is 435 Å². The van der Waals surface area contributed by atoms with Crippen molar-refractivity contribution in [3.05, 3.63) is 48.6 Å². The molecule has 0 heterocycles. The molecule has 70 heavy (non-hydrogen) atoms. The van der Waals surface area contributed by atoms with Crippen LogP contribution in [0.25, 0.3) is 0 Å². The van der Waals surface area contributed by atoms with E-state index in [0.717, 1.165) is 96.3 Å². The molecule has 0 aliphatic rings. The van der Waals surface area contributed by atoms with Gasteiger partial charge in [0.15, 0.2) is 6.10 Å². The van der Waals surface area contributed by atoms with Gasteiger partial charge in [0.05, 0.1) is 0 Å². The molecule has 0 aliphatic carbocycles. The lowest BCUT2D eigenvalue weighted by Gasteiger charge is -2.18. The van der Waals surface area contributed by atoms with Crippen molar-refractivity contribution in [2.45, 2.75) is 329 Å². The monoisotopic (exact) mass is 981 g/mol. The maximum absolute atomic E-state index is 12.8. The quantitative estimate of drug-likeness (QED) is 0.0261. The smallest absolute Gasteiger partial charge is 0.306 e. The van der Waals surface area contributed by atoms with Gasteiger partial charge in [-0.15, -0.1) is 0 Å². The van der Waals surface area contributed by atoms with Crippen LogP contribution in [-0.4, -0.2) is 37.2 Å². The van der Waals surface area contributed by atoms with Crippen LogP contribution >= 0.6 is 0 Å². The number of esters is 3. The Morgan fingerprint density at radius 2 is 0.557 bits per heavy atom. The second-order valence-electron chi connectivity index (χ2n) is 20.6. The normalized spacial score (nSPS) is 12.3. The first-order valence-electron chi connectivity index (χ1n) is 30.6. The van der Waals surface area contributed by atoms with Crippen LogP contribution in [0.3, 0.4) is 0 Å². The minimum absolute atomic E-state index is 0.0797. The molecule has 0 aliphatic heterocycles. The SMILES string of the molecule is CC/C=C\C/C=C\C/C=C\C/C=C\CCCCCCC(=O)OC(COC(=O)CCCCCCCCC)COC(=O)CCCCCCCCCCCCCCCCCCCCCCCCCCCCCC. The fraction of sp³-hybridized carbons (Fsp3) is 0.828. The summed E-state index contributed by atoms with van der Waals surface area (Å²) in [6.07, 6.45) is 73.0. The van der Waals surface area contributed by atoms with E-state index in [0.29, 0.717) is 19.3 Å². The Morgan fingerprint density at radius 3 is 0.871 bits per heavy atom. The standard InChI is InChI=1S/C64H116O6/c1-4-7-10-13-16-18-20-22-24-26-27-28-29-30-31-32-33-34-35-36-38-39-41-43-45-48-51-54-57-63(66)69-60-61(59-68-62(65)56-53-50-47-15-12-9-6-3)70-64(67)58-55-52-49-46-44-42-40-37-25-23-21-19-17-14-11-8-5-2/h8,11,17,19,23,25,40,42,61H,4-7,9-10,12-16,18,20-22,24,26-39,41,43-60H2,1-3H3/b11-8-,19-17-,25-23-,42-40-. The van der Waals surface area contributed by atoms with Crippen molar-refractivity contribution in [1.29, 1.82) is 0 Å². The molecule has 0 aromatic heterocycles. The zero-order valence-electron chi connectivity index (χ0n) is 46.8. The summed E-state index contributed by atoms with van der Waals surface area (Å²) >= 11 is 0. The second kappa shape index (κ2) is 58.9. The van der Waals surface area contributed by atoms with Crippen LogP contribution in [0, 0.1) is 0 Å². The lowest BCUT2D eigenvalue weighted by atomic mass is 10.0. The van der Waals surface area contributed by atoms with Crippen LogP contribution in [0.4, 0.5) is 0 Å². The molecule has 0 rings (SSSR count). The third kappa shape index (κ3) is 56.3. The molecule has 0 N–H and O–H groups in total. The maximum atomic E-state index is 12.8. The second-order valence-corrected chi connectivity index (χ2v) is 20.6. The van der Waals surface area contributed by atoms with E-state index < -0.39 is 6.10 Å². The average molecular weight is 982 g/mol. The van der Waals surface area contributed by atoms with Crippen molar-refractivity contribution in [1.82, 2.24) is 0 Å². The van der Waals surface area contributed by atoms with Crippen molar-refractivity contribution in [2.24, 2.45) is 0 Å². The van der Waals surface area contributed by atoms with E-state index in [-0.39, 0.29) is 31.1 Å². The molecule has 6 nitrogen and oxygen atoms in total. The molecule has 0 aromatic rings. The maximum Gasteiger partial charge on any atom is 0.306 e. The highest BCUT2D eigenvalue weighted by Crippen LogP contribution is 2.18. The van der Waals surface area contributed by atoms with Crippen LogP contribution in [0.2, 0.25) is 0 Å². The Kier molecular flexibility index (Phi) is 56.7. The molecule has 0 bridgehead atoms. The highest BCUT2D eigenvalue weighted by Gasteiger charge is 2.19. The summed E-state index contributed by atoms with van der Waals surface area (Å²) in [4.78, 5) is 38.0. The Bertz CT molecular complexity index is 1220. The summed E-state index contributed by atoms with van der Waals surface area (Å²) in [5.74, 6) is -0.896. The van der Waals surface area contributed by atoms with Crippen LogP contribution < -0.4 is 0 Å². The van der Waals surface area contributed by atoms with Crippen LogP contribution in [0.15, 0.2) is 48.6 Å². The number of unbranched alkanes of at least 4 members (excludes halogenated alkanes) is 37. The van der Waals surface area contributed by atoms with E-state index in [9.17, 15) is 14.4 Å². The average Bonchev–Trinajstić information content (AvgIpc) is 3.36. The molecule has 408 valence electrons. The van der Waals surface area contributed by atoms with Crippen molar-refractivity contribution in [3.63, 3.8) is 0 Å². The Hall–Kier alpha value is -2.63. The van der Waals surface area contributed by atoms with Gasteiger partial charge in [0.2, 0.25) is 0 Å². The molecule has 0 amide bonds. The molecule has 0 radical (unpaired) electrons. The van der Waals surface area contributed by atoms with E-state index in [1.807, 2.05) is 0 Å². The number of ether oxygens (including phenoxy) is 3. The lowest BCUT2D eigenvalue weighted by Crippen LogP contribution is -2.30. The summed E-state index contributed by atoms with van der Waals surface area (Å²) in [6, 6.07) is 0. The number of carbonyl (C=O) groups excluding carboxylic acids is 3. The fourth-order valence-corrected chi connectivity index (χ4v) is 9.02. The van der Waals surface area contributed by atoms with Crippen molar-refractivity contribution in [3.8, 4) is 0 Å². The molecular formula is C64H116O6. The van der Waals surface area contributed by atoms with Crippen LogP contribution in [-0.2, 0) is 28.6 Å². The lowest BCUT2D eigenvalue weighted by molar-refractivity contribution is -0.167. The van der Waals surface area contributed by atoms with Gasteiger partial charge in [-0.05, 0) is 57.8 Å². The molecule has 6 heteroatoms. The van der Waals surface area contributed by atoms with Gasteiger partial charge < -0.3 is 14.2 Å². The van der Waals surface area contributed by atoms with Crippen molar-refractivity contribution in [2.75, 3.05) is 13.2 Å².